The molecular weight excluding hydrogens is 194 g/mol. The zero-order valence-corrected chi connectivity index (χ0v) is 9.93. The number of hydrogen-bond acceptors (Lipinski definition) is 3. The second-order valence-electron chi connectivity index (χ2n) is 3.53. The van der Waals surface area contributed by atoms with E-state index in [0.29, 0.717) is 17.0 Å². The van der Waals surface area contributed by atoms with Gasteiger partial charge in [-0.2, -0.15) is 0 Å². The molecular formula is C11H19NOS. The molecule has 2 N–H and O–H groups in total. The highest BCUT2D eigenvalue weighted by Gasteiger charge is 2.16. The van der Waals surface area contributed by atoms with Gasteiger partial charge in [-0.25, -0.2) is 0 Å². The molecule has 0 spiro atoms. The van der Waals surface area contributed by atoms with Gasteiger partial charge in [-0.15, -0.1) is 11.8 Å². The third-order valence-electron chi connectivity index (χ3n) is 2.26. The third-order valence-corrected chi connectivity index (χ3v) is 3.82. The minimum atomic E-state index is 0.304. The molecule has 0 bridgehead atoms. The van der Waals surface area contributed by atoms with Crippen molar-refractivity contribution >= 4 is 11.8 Å². The van der Waals surface area contributed by atoms with E-state index in [2.05, 4.69) is 13.8 Å². The van der Waals surface area contributed by atoms with Gasteiger partial charge in [0.2, 0.25) is 0 Å². The van der Waals surface area contributed by atoms with Crippen LogP contribution >= 0.6 is 11.8 Å². The summed E-state index contributed by atoms with van der Waals surface area (Å²) in [5.41, 5.74) is 5.74. The Labute approximate surface area is 90.2 Å². The van der Waals surface area contributed by atoms with Gasteiger partial charge >= 0.3 is 0 Å². The molecule has 1 heterocycles. The van der Waals surface area contributed by atoms with Crippen LogP contribution in [0.4, 0.5) is 0 Å². The molecule has 1 aromatic rings. The lowest BCUT2D eigenvalue weighted by Crippen LogP contribution is -2.11. The Bertz CT molecular complexity index is 272. The summed E-state index contributed by atoms with van der Waals surface area (Å²) < 4.78 is 5.58. The van der Waals surface area contributed by atoms with Crippen molar-refractivity contribution in [1.29, 1.82) is 0 Å². The summed E-state index contributed by atoms with van der Waals surface area (Å²) in [7, 11) is 0. The van der Waals surface area contributed by atoms with E-state index in [4.69, 9.17) is 10.2 Å². The zero-order chi connectivity index (χ0) is 10.6. The number of thioether (sulfide) groups is 1. The molecule has 0 saturated heterocycles. The molecule has 2 unspecified atom stereocenters. The molecule has 0 amide bonds. The summed E-state index contributed by atoms with van der Waals surface area (Å²) in [6, 6.07) is 4.03. The molecule has 0 radical (unpaired) electrons. The minimum absolute atomic E-state index is 0.304. The Morgan fingerprint density at radius 3 is 2.64 bits per heavy atom. The Hall–Kier alpha value is -0.410. The third kappa shape index (κ3) is 3.07. The van der Waals surface area contributed by atoms with Crippen LogP contribution in [-0.2, 0) is 0 Å². The molecule has 0 aliphatic rings. The molecule has 0 aliphatic heterocycles. The van der Waals surface area contributed by atoms with Crippen LogP contribution in [0, 0.1) is 6.92 Å². The molecule has 2 atom stereocenters. The van der Waals surface area contributed by atoms with Gasteiger partial charge in [0.05, 0.1) is 5.25 Å². The molecule has 0 fully saturated rings. The van der Waals surface area contributed by atoms with E-state index in [1.165, 1.54) is 6.42 Å². The molecule has 3 heteroatoms. The maximum atomic E-state index is 5.74. The predicted molar refractivity (Wildman–Crippen MR) is 62.6 cm³/mol. The van der Waals surface area contributed by atoms with E-state index >= 15 is 0 Å². The van der Waals surface area contributed by atoms with E-state index in [1.807, 2.05) is 30.8 Å². The van der Waals surface area contributed by atoms with Crippen molar-refractivity contribution in [2.45, 2.75) is 37.7 Å². The van der Waals surface area contributed by atoms with Crippen molar-refractivity contribution in [1.82, 2.24) is 0 Å². The van der Waals surface area contributed by atoms with E-state index in [-0.39, 0.29) is 0 Å². The van der Waals surface area contributed by atoms with E-state index in [9.17, 15) is 0 Å². The van der Waals surface area contributed by atoms with Crippen LogP contribution < -0.4 is 5.73 Å². The maximum absolute atomic E-state index is 5.74. The smallest absolute Gasteiger partial charge is 0.118 e. The molecule has 80 valence electrons. The Morgan fingerprint density at radius 2 is 2.21 bits per heavy atom. The van der Waals surface area contributed by atoms with E-state index in [1.54, 1.807) is 0 Å². The SMILES string of the molecule is CCC(C)SC(CN)c1ccc(C)o1. The molecule has 0 aromatic carbocycles. The fourth-order valence-electron chi connectivity index (χ4n) is 1.24. The number of nitrogens with two attached hydrogens (primary N) is 1. The van der Waals surface area contributed by atoms with Crippen molar-refractivity contribution in [3.05, 3.63) is 23.7 Å². The van der Waals surface area contributed by atoms with Gasteiger partial charge in [0, 0.05) is 11.8 Å². The van der Waals surface area contributed by atoms with Gasteiger partial charge in [-0.3, -0.25) is 0 Å². The molecule has 0 saturated carbocycles. The monoisotopic (exact) mass is 213 g/mol. The lowest BCUT2D eigenvalue weighted by atomic mass is 10.3. The molecule has 1 aromatic heterocycles. The summed E-state index contributed by atoms with van der Waals surface area (Å²) in [5, 5.41) is 0.938. The Balaban J connectivity index is 2.62. The Morgan fingerprint density at radius 1 is 1.50 bits per heavy atom. The van der Waals surface area contributed by atoms with E-state index in [0.717, 1.165) is 11.5 Å². The summed E-state index contributed by atoms with van der Waals surface area (Å²) in [5.74, 6) is 1.97. The van der Waals surface area contributed by atoms with Gasteiger partial charge in [-0.05, 0) is 25.5 Å². The van der Waals surface area contributed by atoms with E-state index < -0.39 is 0 Å². The van der Waals surface area contributed by atoms with Gasteiger partial charge in [0.15, 0.2) is 0 Å². The first-order chi connectivity index (χ1) is 6.67. The summed E-state index contributed by atoms with van der Waals surface area (Å²) >= 11 is 1.89. The van der Waals surface area contributed by atoms with Gasteiger partial charge < -0.3 is 10.2 Å². The standard InChI is InChI=1S/C11H19NOS/c1-4-9(3)14-11(7-12)10-6-5-8(2)13-10/h5-6,9,11H,4,7,12H2,1-3H3. The first kappa shape index (κ1) is 11.7. The van der Waals surface area contributed by atoms with Crippen LogP contribution in [0.3, 0.4) is 0 Å². The average Bonchev–Trinajstić information content (AvgIpc) is 2.60. The summed E-state index contributed by atoms with van der Waals surface area (Å²) in [6.07, 6.45) is 1.17. The first-order valence-corrected chi connectivity index (χ1v) is 6.03. The zero-order valence-electron chi connectivity index (χ0n) is 9.12. The van der Waals surface area contributed by atoms with Crippen molar-refractivity contribution < 1.29 is 4.42 Å². The number of aryl methyl sites for hydroxylation is 1. The van der Waals surface area contributed by atoms with Crippen LogP contribution in [0.1, 0.15) is 37.0 Å². The molecule has 2 nitrogen and oxygen atoms in total. The molecule has 0 aliphatic carbocycles. The van der Waals surface area contributed by atoms with Crippen molar-refractivity contribution in [3.8, 4) is 0 Å². The summed E-state index contributed by atoms with van der Waals surface area (Å²) in [6.45, 7) is 7.02. The lowest BCUT2D eigenvalue weighted by molar-refractivity contribution is 0.481. The van der Waals surface area contributed by atoms with Gasteiger partial charge in [0.25, 0.3) is 0 Å². The highest BCUT2D eigenvalue weighted by molar-refractivity contribution is 8.00. The van der Waals surface area contributed by atoms with Gasteiger partial charge in [0.1, 0.15) is 11.5 Å². The number of rotatable bonds is 5. The number of furan rings is 1. The van der Waals surface area contributed by atoms with Crippen molar-refractivity contribution in [2.75, 3.05) is 6.54 Å². The summed E-state index contributed by atoms with van der Waals surface area (Å²) in [4.78, 5) is 0. The average molecular weight is 213 g/mol. The second-order valence-corrected chi connectivity index (χ2v) is 5.17. The molecule has 14 heavy (non-hydrogen) atoms. The van der Waals surface area contributed by atoms with Crippen molar-refractivity contribution in [2.24, 2.45) is 5.73 Å². The first-order valence-electron chi connectivity index (χ1n) is 5.09. The highest BCUT2D eigenvalue weighted by atomic mass is 32.2. The largest absolute Gasteiger partial charge is 0.465 e. The van der Waals surface area contributed by atoms with Crippen LogP contribution in [0.2, 0.25) is 0 Å². The minimum Gasteiger partial charge on any atom is -0.465 e. The normalized spacial score (nSPS) is 15.4. The topological polar surface area (TPSA) is 39.2 Å². The highest BCUT2D eigenvalue weighted by Crippen LogP contribution is 2.33. The van der Waals surface area contributed by atoms with Crippen LogP contribution in [-0.4, -0.2) is 11.8 Å². The lowest BCUT2D eigenvalue weighted by Gasteiger charge is -2.16. The fourth-order valence-corrected chi connectivity index (χ4v) is 2.37. The predicted octanol–water partition coefficient (Wildman–Crippen LogP) is 3.12. The van der Waals surface area contributed by atoms with Crippen LogP contribution in [0.25, 0.3) is 0 Å². The second kappa shape index (κ2) is 5.47. The quantitative estimate of drug-likeness (QED) is 0.816. The van der Waals surface area contributed by atoms with Crippen LogP contribution in [0.15, 0.2) is 16.5 Å². The van der Waals surface area contributed by atoms with Gasteiger partial charge in [-0.1, -0.05) is 13.8 Å². The molecule has 1 rings (SSSR count). The Kier molecular flexibility index (Phi) is 4.55. The maximum Gasteiger partial charge on any atom is 0.118 e. The fraction of sp³-hybridized carbons (Fsp3) is 0.636. The van der Waals surface area contributed by atoms with Crippen LogP contribution in [0.5, 0.6) is 0 Å². The number of hydrogen-bond donors (Lipinski definition) is 1. The van der Waals surface area contributed by atoms with Crippen molar-refractivity contribution in [3.63, 3.8) is 0 Å².